The number of likely N-dealkylation sites (N-methyl/N-ethyl adjacent to an activating group) is 1. The first kappa shape index (κ1) is 24.4. The maximum atomic E-state index is 12.8. The van der Waals surface area contributed by atoms with Crippen LogP contribution >= 0.6 is 11.3 Å². The molecule has 35 heavy (non-hydrogen) atoms. The molecule has 0 radical (unpaired) electrons. The standard InChI is InChI=1S/C25H28N6O3S/c1-30(15-16-34-19-10-8-18(33-2)9-11-19)24(32)21-17-35-25(28-21)29-23-7-3-5-20(27-23)22-6-4-13-31(22)14-12-26/h3,5,7-11,17,22H,4,6,13-16H2,1-2H3,(H,27,28,29). The van der Waals surface area contributed by atoms with Gasteiger partial charge in [-0.3, -0.25) is 9.69 Å². The van der Waals surface area contributed by atoms with Gasteiger partial charge in [0.05, 0.1) is 38.0 Å². The lowest BCUT2D eigenvalue weighted by molar-refractivity contribution is 0.0769. The average Bonchev–Trinajstić information content (AvgIpc) is 3.54. The van der Waals surface area contributed by atoms with Gasteiger partial charge in [-0.2, -0.15) is 5.26 Å². The number of likely N-dealkylation sites (tertiary alicyclic amines) is 1. The highest BCUT2D eigenvalue weighted by Crippen LogP contribution is 2.31. The lowest BCUT2D eigenvalue weighted by atomic mass is 10.1. The van der Waals surface area contributed by atoms with Crippen LogP contribution in [0.1, 0.15) is 35.1 Å². The Hall–Kier alpha value is -3.68. The summed E-state index contributed by atoms with van der Waals surface area (Å²) in [5.41, 5.74) is 1.31. The number of nitriles is 1. The average molecular weight is 493 g/mol. The first-order valence-electron chi connectivity index (χ1n) is 11.4. The lowest BCUT2D eigenvalue weighted by Gasteiger charge is -2.21. The highest BCUT2D eigenvalue weighted by atomic mass is 32.1. The zero-order chi connectivity index (χ0) is 24.6. The fourth-order valence-electron chi connectivity index (χ4n) is 3.96. The van der Waals surface area contributed by atoms with Crippen molar-refractivity contribution in [2.45, 2.75) is 18.9 Å². The van der Waals surface area contributed by atoms with Gasteiger partial charge in [-0.1, -0.05) is 6.07 Å². The Morgan fingerprint density at radius 3 is 2.83 bits per heavy atom. The number of nitrogens with zero attached hydrogens (tertiary/aromatic N) is 5. The number of methoxy groups -OCH3 is 1. The van der Waals surface area contributed by atoms with E-state index in [9.17, 15) is 4.79 Å². The summed E-state index contributed by atoms with van der Waals surface area (Å²) in [5, 5.41) is 14.6. The van der Waals surface area contributed by atoms with Crippen LogP contribution in [0.3, 0.4) is 0 Å². The Morgan fingerprint density at radius 1 is 1.26 bits per heavy atom. The van der Waals surface area contributed by atoms with Crippen molar-refractivity contribution in [2.75, 3.05) is 45.7 Å². The summed E-state index contributed by atoms with van der Waals surface area (Å²) in [6.45, 7) is 2.11. The van der Waals surface area contributed by atoms with E-state index in [0.29, 0.717) is 36.3 Å². The largest absolute Gasteiger partial charge is 0.497 e. The molecule has 2 aromatic heterocycles. The molecule has 1 N–H and O–H groups in total. The minimum Gasteiger partial charge on any atom is -0.497 e. The van der Waals surface area contributed by atoms with Crippen LogP contribution in [-0.4, -0.2) is 66.1 Å². The predicted molar refractivity (Wildman–Crippen MR) is 134 cm³/mol. The second-order valence-corrected chi connectivity index (χ2v) is 9.01. The fraction of sp³-hybridized carbons (Fsp3) is 0.360. The number of hydrogen-bond acceptors (Lipinski definition) is 9. The quantitative estimate of drug-likeness (QED) is 0.422. The van der Waals surface area contributed by atoms with E-state index in [-0.39, 0.29) is 11.9 Å². The Labute approximate surface area is 208 Å². The zero-order valence-electron chi connectivity index (χ0n) is 19.8. The van der Waals surface area contributed by atoms with E-state index in [1.807, 2.05) is 42.5 Å². The van der Waals surface area contributed by atoms with Crippen LogP contribution < -0.4 is 14.8 Å². The number of carbonyl (C=O) groups excluding carboxylic acids is 1. The topological polar surface area (TPSA) is 104 Å². The summed E-state index contributed by atoms with van der Waals surface area (Å²) in [5.74, 6) is 1.97. The van der Waals surface area contributed by atoms with Crippen LogP contribution in [-0.2, 0) is 0 Å². The molecule has 3 aromatic rings. The van der Waals surface area contributed by atoms with Gasteiger partial charge >= 0.3 is 0 Å². The number of pyridine rings is 1. The molecule has 3 heterocycles. The summed E-state index contributed by atoms with van der Waals surface area (Å²) in [7, 11) is 3.34. The van der Waals surface area contributed by atoms with E-state index in [2.05, 4.69) is 21.3 Å². The third-order valence-electron chi connectivity index (χ3n) is 5.81. The molecule has 10 heteroatoms. The van der Waals surface area contributed by atoms with Gasteiger partial charge in [-0.15, -0.1) is 11.3 Å². The first-order valence-corrected chi connectivity index (χ1v) is 12.3. The second kappa shape index (κ2) is 11.6. The van der Waals surface area contributed by atoms with Crippen LogP contribution in [0.15, 0.2) is 47.8 Å². The number of ether oxygens (including phenoxy) is 2. The van der Waals surface area contributed by atoms with Crippen LogP contribution in [0.5, 0.6) is 11.5 Å². The minimum absolute atomic E-state index is 0.151. The number of amides is 1. The summed E-state index contributed by atoms with van der Waals surface area (Å²) in [6, 6.07) is 15.5. The van der Waals surface area contributed by atoms with Crippen LogP contribution in [0.25, 0.3) is 0 Å². The molecule has 9 nitrogen and oxygen atoms in total. The number of anilines is 2. The Balaban J connectivity index is 1.31. The highest BCUT2D eigenvalue weighted by Gasteiger charge is 2.27. The molecular formula is C25H28N6O3S. The molecule has 1 unspecified atom stereocenters. The molecule has 1 fully saturated rings. The van der Waals surface area contributed by atoms with Gasteiger partial charge in [0.15, 0.2) is 5.13 Å². The number of nitrogens with one attached hydrogen (secondary N) is 1. The monoisotopic (exact) mass is 492 g/mol. The Bertz CT molecular complexity index is 1180. The van der Waals surface area contributed by atoms with E-state index in [1.54, 1.807) is 24.4 Å². The maximum absolute atomic E-state index is 12.8. The van der Waals surface area contributed by atoms with Crippen molar-refractivity contribution < 1.29 is 14.3 Å². The van der Waals surface area contributed by atoms with Crippen LogP contribution in [0.2, 0.25) is 0 Å². The Kier molecular flexibility index (Phi) is 8.13. The van der Waals surface area contributed by atoms with E-state index < -0.39 is 0 Å². The molecule has 0 aliphatic carbocycles. The van der Waals surface area contributed by atoms with Gasteiger partial charge in [0.1, 0.15) is 29.6 Å². The summed E-state index contributed by atoms with van der Waals surface area (Å²) in [6.07, 6.45) is 2.05. The summed E-state index contributed by atoms with van der Waals surface area (Å²) >= 11 is 1.35. The van der Waals surface area contributed by atoms with Crippen molar-refractivity contribution in [3.63, 3.8) is 0 Å². The molecule has 1 aromatic carbocycles. The van der Waals surface area contributed by atoms with E-state index >= 15 is 0 Å². The van der Waals surface area contributed by atoms with Crippen molar-refractivity contribution in [1.29, 1.82) is 5.26 Å². The normalized spacial score (nSPS) is 15.4. The molecule has 1 atom stereocenters. The highest BCUT2D eigenvalue weighted by molar-refractivity contribution is 7.14. The summed E-state index contributed by atoms with van der Waals surface area (Å²) < 4.78 is 10.9. The number of carbonyl (C=O) groups is 1. The number of rotatable bonds is 10. The minimum atomic E-state index is -0.174. The zero-order valence-corrected chi connectivity index (χ0v) is 20.6. The van der Waals surface area contributed by atoms with Crippen LogP contribution in [0.4, 0.5) is 10.9 Å². The van der Waals surface area contributed by atoms with E-state index in [0.717, 1.165) is 36.6 Å². The van der Waals surface area contributed by atoms with Crippen molar-refractivity contribution in [1.82, 2.24) is 19.8 Å². The first-order chi connectivity index (χ1) is 17.1. The van der Waals surface area contributed by atoms with Crippen LogP contribution in [0, 0.1) is 11.3 Å². The maximum Gasteiger partial charge on any atom is 0.273 e. The van der Waals surface area contributed by atoms with Gasteiger partial charge in [0.2, 0.25) is 0 Å². The van der Waals surface area contributed by atoms with E-state index in [1.165, 1.54) is 11.3 Å². The van der Waals surface area contributed by atoms with Gasteiger partial charge in [0.25, 0.3) is 5.91 Å². The molecule has 0 spiro atoms. The molecule has 0 bridgehead atoms. The number of hydrogen-bond donors (Lipinski definition) is 1. The van der Waals surface area contributed by atoms with Gasteiger partial charge in [0, 0.05) is 12.4 Å². The van der Waals surface area contributed by atoms with Gasteiger partial charge in [-0.05, 0) is 55.8 Å². The molecule has 0 saturated carbocycles. The third kappa shape index (κ3) is 6.26. The molecule has 1 amide bonds. The Morgan fingerprint density at radius 2 is 2.06 bits per heavy atom. The predicted octanol–water partition coefficient (Wildman–Crippen LogP) is 4.10. The molecule has 4 rings (SSSR count). The van der Waals surface area contributed by atoms with Gasteiger partial charge in [-0.25, -0.2) is 9.97 Å². The molecular weight excluding hydrogens is 464 g/mol. The SMILES string of the molecule is COc1ccc(OCCN(C)C(=O)c2csc(Nc3cccc(C4CCCN4CC#N)n3)n2)cc1. The fourth-order valence-corrected chi connectivity index (χ4v) is 4.65. The van der Waals surface area contributed by atoms with E-state index in [4.69, 9.17) is 19.7 Å². The van der Waals surface area contributed by atoms with Crippen molar-refractivity contribution in [3.8, 4) is 17.6 Å². The molecule has 1 aliphatic rings. The second-order valence-electron chi connectivity index (χ2n) is 8.15. The number of thiazole rings is 1. The van der Waals surface area contributed by atoms with Gasteiger partial charge < -0.3 is 19.7 Å². The molecule has 1 saturated heterocycles. The number of benzene rings is 1. The third-order valence-corrected chi connectivity index (χ3v) is 6.57. The molecule has 182 valence electrons. The van der Waals surface area contributed by atoms with Crippen molar-refractivity contribution in [2.24, 2.45) is 0 Å². The molecule has 1 aliphatic heterocycles. The summed E-state index contributed by atoms with van der Waals surface area (Å²) in [4.78, 5) is 25.7. The number of aromatic nitrogens is 2. The lowest BCUT2D eigenvalue weighted by Crippen LogP contribution is -2.31. The smallest absolute Gasteiger partial charge is 0.273 e. The van der Waals surface area contributed by atoms with Crippen molar-refractivity contribution >= 4 is 28.2 Å². The van der Waals surface area contributed by atoms with Crippen molar-refractivity contribution in [3.05, 3.63) is 59.2 Å².